The second kappa shape index (κ2) is 12.5. The third-order valence-corrected chi connectivity index (χ3v) is 6.60. The van der Waals surface area contributed by atoms with Crippen LogP contribution in [0.3, 0.4) is 0 Å². The first-order chi connectivity index (χ1) is 19.4. The minimum Gasteiger partial charge on any atom is -0.493 e. The van der Waals surface area contributed by atoms with Gasteiger partial charge in [0, 0.05) is 49.8 Å². The van der Waals surface area contributed by atoms with Gasteiger partial charge in [-0.3, -0.25) is 14.6 Å². The minimum absolute atomic E-state index is 0.0849. The lowest BCUT2D eigenvalue weighted by Crippen LogP contribution is -2.42. The Morgan fingerprint density at radius 3 is 2.37 bits per heavy atom. The summed E-state index contributed by atoms with van der Waals surface area (Å²) in [5.74, 6) is -3.82. The van der Waals surface area contributed by atoms with E-state index in [9.17, 15) is 31.5 Å². The highest BCUT2D eigenvalue weighted by Crippen LogP contribution is 2.38. The molecule has 2 aromatic carbocycles. The molecular formula is C30H28F5N3O3. The molecule has 1 fully saturated rings. The van der Waals surface area contributed by atoms with Crippen molar-refractivity contribution < 1.29 is 36.3 Å². The maximum atomic E-state index is 13.8. The van der Waals surface area contributed by atoms with Crippen LogP contribution in [0.1, 0.15) is 47.2 Å². The smallest absolute Gasteiger partial charge is 0.419 e. The average molecular weight is 574 g/mol. The van der Waals surface area contributed by atoms with Crippen molar-refractivity contribution in [2.24, 2.45) is 0 Å². The Kier molecular flexibility index (Phi) is 9.05. The van der Waals surface area contributed by atoms with Gasteiger partial charge in [0.15, 0.2) is 5.78 Å². The zero-order valence-corrected chi connectivity index (χ0v) is 22.0. The number of allylic oxidation sites excluding steroid dienone is 1. The topological polar surface area (TPSA) is 85.5 Å². The number of amides is 1. The number of aromatic nitrogens is 1. The highest BCUT2D eigenvalue weighted by atomic mass is 19.4. The molecule has 1 amide bonds. The molecule has 0 aliphatic carbocycles. The van der Waals surface area contributed by atoms with E-state index >= 15 is 0 Å². The number of ether oxygens (including phenoxy) is 1. The van der Waals surface area contributed by atoms with Gasteiger partial charge in [-0.05, 0) is 60.5 Å². The van der Waals surface area contributed by atoms with Crippen molar-refractivity contribution in [3.8, 4) is 17.0 Å². The van der Waals surface area contributed by atoms with Crippen LogP contribution in [0.5, 0.6) is 5.75 Å². The van der Waals surface area contributed by atoms with E-state index in [4.69, 9.17) is 10.5 Å². The molecule has 2 heterocycles. The second-order valence-corrected chi connectivity index (χ2v) is 9.71. The fourth-order valence-corrected chi connectivity index (χ4v) is 4.26. The van der Waals surface area contributed by atoms with Gasteiger partial charge < -0.3 is 15.4 Å². The van der Waals surface area contributed by atoms with Crippen molar-refractivity contribution in [2.75, 3.05) is 25.4 Å². The van der Waals surface area contributed by atoms with Gasteiger partial charge in [0.05, 0.1) is 23.4 Å². The van der Waals surface area contributed by atoms with Crippen molar-refractivity contribution in [3.05, 3.63) is 83.6 Å². The monoisotopic (exact) mass is 573 g/mol. The number of hydrogen-bond donors (Lipinski definition) is 1. The summed E-state index contributed by atoms with van der Waals surface area (Å²) in [7, 11) is 0. The van der Waals surface area contributed by atoms with Crippen molar-refractivity contribution in [1.29, 1.82) is 0 Å². The number of nitrogen functional groups attached to an aromatic ring is 1. The third kappa shape index (κ3) is 8.12. The number of nitrogens with zero attached hydrogens (tertiary/aromatic N) is 2. The Morgan fingerprint density at radius 2 is 1.73 bits per heavy atom. The first-order valence-corrected chi connectivity index (χ1v) is 13.0. The number of likely N-dealkylation sites (tertiary alicyclic amines) is 1. The van der Waals surface area contributed by atoms with Crippen LogP contribution >= 0.6 is 0 Å². The maximum Gasteiger partial charge on any atom is 0.419 e. The fourth-order valence-electron chi connectivity index (χ4n) is 4.26. The van der Waals surface area contributed by atoms with Crippen LogP contribution in [0, 0.1) is 0 Å². The van der Waals surface area contributed by atoms with Crippen LogP contribution < -0.4 is 10.5 Å². The summed E-state index contributed by atoms with van der Waals surface area (Å²) in [5, 5.41) is 0. The molecule has 41 heavy (non-hydrogen) atoms. The Morgan fingerprint density at radius 1 is 1.02 bits per heavy atom. The SMILES string of the molecule is Nc1ccc(/C=C/C(=O)CCCOc2ccc(-c3ccc(C(=O)N4CCC(F)(F)CC4)cn3)cc2C(F)(F)F)cc1. The van der Waals surface area contributed by atoms with Gasteiger partial charge in [-0.2, -0.15) is 13.2 Å². The number of benzene rings is 2. The number of pyridine rings is 1. The van der Waals surface area contributed by atoms with E-state index in [1.807, 2.05) is 0 Å². The summed E-state index contributed by atoms with van der Waals surface area (Å²) in [6.07, 6.45) is -0.980. The summed E-state index contributed by atoms with van der Waals surface area (Å²) in [6, 6.07) is 13.3. The molecule has 1 aromatic heterocycles. The molecule has 1 aliphatic heterocycles. The van der Waals surface area contributed by atoms with Crippen LogP contribution in [0.15, 0.2) is 66.9 Å². The average Bonchev–Trinajstić information content (AvgIpc) is 2.94. The number of carbonyl (C=O) groups excluding carboxylic acids is 2. The summed E-state index contributed by atoms with van der Waals surface area (Å²) >= 11 is 0. The molecule has 216 valence electrons. The van der Waals surface area contributed by atoms with Gasteiger partial charge in [0.1, 0.15) is 5.75 Å². The number of alkyl halides is 5. The molecule has 1 saturated heterocycles. The first-order valence-electron chi connectivity index (χ1n) is 13.0. The van der Waals surface area contributed by atoms with E-state index in [0.717, 1.165) is 11.6 Å². The van der Waals surface area contributed by atoms with E-state index in [-0.39, 0.29) is 60.9 Å². The van der Waals surface area contributed by atoms with Crippen molar-refractivity contribution in [2.45, 2.75) is 37.8 Å². The third-order valence-electron chi connectivity index (χ3n) is 6.60. The second-order valence-electron chi connectivity index (χ2n) is 9.71. The lowest BCUT2D eigenvalue weighted by Gasteiger charge is -2.31. The van der Waals surface area contributed by atoms with Crippen LogP contribution in [-0.4, -0.2) is 47.2 Å². The summed E-state index contributed by atoms with van der Waals surface area (Å²) < 4.78 is 73.6. The molecule has 6 nitrogen and oxygen atoms in total. The number of rotatable bonds is 9. The molecule has 11 heteroatoms. The number of anilines is 1. The molecule has 2 N–H and O–H groups in total. The lowest BCUT2D eigenvalue weighted by atomic mass is 10.0. The normalized spacial score (nSPS) is 15.2. The Labute approximate surface area is 233 Å². The van der Waals surface area contributed by atoms with Crippen LogP contribution in [0.4, 0.5) is 27.6 Å². The molecule has 0 bridgehead atoms. The predicted octanol–water partition coefficient (Wildman–Crippen LogP) is 6.66. The zero-order chi connectivity index (χ0) is 29.6. The van der Waals surface area contributed by atoms with Gasteiger partial charge in [0.2, 0.25) is 0 Å². The predicted molar refractivity (Wildman–Crippen MR) is 144 cm³/mol. The number of hydrogen-bond acceptors (Lipinski definition) is 5. The molecule has 1 aliphatic rings. The quantitative estimate of drug-likeness (QED) is 0.134. The van der Waals surface area contributed by atoms with E-state index in [0.29, 0.717) is 5.69 Å². The molecule has 3 aromatic rings. The minimum atomic E-state index is -4.71. The molecule has 0 unspecified atom stereocenters. The molecule has 4 rings (SSSR count). The van der Waals surface area contributed by atoms with E-state index < -0.39 is 36.4 Å². The van der Waals surface area contributed by atoms with Crippen LogP contribution in [-0.2, 0) is 11.0 Å². The number of ketones is 1. The largest absolute Gasteiger partial charge is 0.493 e. The lowest BCUT2D eigenvalue weighted by molar-refractivity contribution is -0.139. The number of nitrogens with two attached hydrogens (primary N) is 1. The van der Waals surface area contributed by atoms with Gasteiger partial charge in [0.25, 0.3) is 11.8 Å². The van der Waals surface area contributed by atoms with Crippen LogP contribution in [0.2, 0.25) is 0 Å². The first kappa shape index (κ1) is 29.7. The Bertz CT molecular complexity index is 1390. The molecule has 0 radical (unpaired) electrons. The van der Waals surface area contributed by atoms with Crippen molar-refractivity contribution >= 4 is 23.5 Å². The highest BCUT2D eigenvalue weighted by molar-refractivity contribution is 5.94. The highest BCUT2D eigenvalue weighted by Gasteiger charge is 2.36. The van der Waals surface area contributed by atoms with Crippen molar-refractivity contribution in [1.82, 2.24) is 9.88 Å². The Hall–Kier alpha value is -4.28. The zero-order valence-electron chi connectivity index (χ0n) is 22.0. The van der Waals surface area contributed by atoms with E-state index in [2.05, 4.69) is 4.98 Å². The number of piperidine rings is 1. The summed E-state index contributed by atoms with van der Waals surface area (Å²) in [6.45, 7) is -0.266. The van der Waals surface area contributed by atoms with Gasteiger partial charge >= 0.3 is 6.18 Å². The summed E-state index contributed by atoms with van der Waals surface area (Å²) in [5.41, 5.74) is 6.53. The summed E-state index contributed by atoms with van der Waals surface area (Å²) in [4.78, 5) is 30.2. The van der Waals surface area contributed by atoms with Gasteiger partial charge in [-0.25, -0.2) is 8.78 Å². The molecule has 0 atom stereocenters. The number of halogens is 5. The van der Waals surface area contributed by atoms with Crippen molar-refractivity contribution in [3.63, 3.8) is 0 Å². The van der Waals surface area contributed by atoms with Crippen LogP contribution in [0.25, 0.3) is 17.3 Å². The fraction of sp³-hybridized carbons (Fsp3) is 0.300. The molecule has 0 saturated carbocycles. The van der Waals surface area contributed by atoms with E-state index in [1.165, 1.54) is 41.4 Å². The number of carbonyl (C=O) groups is 2. The van der Waals surface area contributed by atoms with Gasteiger partial charge in [-0.15, -0.1) is 0 Å². The van der Waals surface area contributed by atoms with E-state index in [1.54, 1.807) is 30.3 Å². The maximum absolute atomic E-state index is 13.8. The Balaban J connectivity index is 1.36. The molecular weight excluding hydrogens is 545 g/mol. The molecule has 0 spiro atoms. The standard InChI is InChI=1S/C30H28F5N3O3/c31-29(32)13-15-38(16-14-29)28(40)22-6-11-26(37-19-22)21-7-12-27(25(18-21)30(33,34)35)41-17-1-2-24(39)10-5-20-3-8-23(36)9-4-20/h3-12,18-19H,1-2,13-17,36H2/b10-5+. The van der Waals surface area contributed by atoms with Gasteiger partial charge in [-0.1, -0.05) is 18.2 Å².